The van der Waals surface area contributed by atoms with E-state index in [1.165, 1.54) is 5.56 Å². The van der Waals surface area contributed by atoms with E-state index in [4.69, 9.17) is 4.74 Å². The number of unbranched alkanes of at least 4 members (excludes halogenated alkanes) is 1. The number of rotatable bonds is 9. The molecule has 1 amide bonds. The van der Waals surface area contributed by atoms with E-state index in [0.29, 0.717) is 0 Å². The summed E-state index contributed by atoms with van der Waals surface area (Å²) in [7, 11) is 3.56. The molecule has 2 aromatic heterocycles. The topological polar surface area (TPSA) is 47.4 Å². The zero-order chi connectivity index (χ0) is 21.7. The normalized spacial score (nSPS) is 11.0. The van der Waals surface area contributed by atoms with Gasteiger partial charge in [-0.15, -0.1) is 11.3 Å². The highest BCUT2D eigenvalue weighted by Crippen LogP contribution is 2.28. The second-order valence-electron chi connectivity index (χ2n) is 7.61. The van der Waals surface area contributed by atoms with Crippen molar-refractivity contribution in [2.45, 2.75) is 46.6 Å². The Morgan fingerprint density at radius 2 is 1.97 bits per heavy atom. The number of ether oxygens (including phenoxy) is 1. The van der Waals surface area contributed by atoms with Gasteiger partial charge >= 0.3 is 0 Å². The lowest BCUT2D eigenvalue weighted by atomic mass is 10.1. The molecule has 0 aliphatic rings. The molecule has 0 bridgehead atoms. The van der Waals surface area contributed by atoms with Gasteiger partial charge < -0.3 is 14.2 Å². The maximum absolute atomic E-state index is 13.1. The van der Waals surface area contributed by atoms with Gasteiger partial charge in [0.05, 0.1) is 29.1 Å². The third kappa shape index (κ3) is 4.93. The largest absolute Gasteiger partial charge is 0.497 e. The highest BCUT2D eigenvalue weighted by molar-refractivity contribution is 7.09. The summed E-state index contributed by atoms with van der Waals surface area (Å²) in [5.74, 6) is 0.940. The molecule has 0 atom stereocenters. The first-order valence-electron chi connectivity index (χ1n) is 10.5. The van der Waals surface area contributed by atoms with Gasteiger partial charge in [0, 0.05) is 31.2 Å². The molecule has 160 valence electrons. The van der Waals surface area contributed by atoms with Crippen LogP contribution in [0.15, 0.2) is 35.7 Å². The summed E-state index contributed by atoms with van der Waals surface area (Å²) in [5.41, 5.74) is 4.95. The molecule has 6 heteroatoms. The minimum atomic E-state index is 0.0809. The Kier molecular flexibility index (Phi) is 7.32. The fraction of sp³-hybridized carbons (Fsp3) is 0.417. The van der Waals surface area contributed by atoms with Gasteiger partial charge in [-0.05, 0) is 50.5 Å². The molecule has 0 fully saturated rings. The lowest BCUT2D eigenvalue weighted by Gasteiger charge is -2.17. The first-order valence-corrected chi connectivity index (χ1v) is 11.3. The van der Waals surface area contributed by atoms with Crippen LogP contribution in [0.3, 0.4) is 0 Å². The first kappa shape index (κ1) is 22.1. The van der Waals surface area contributed by atoms with Crippen molar-refractivity contribution in [3.63, 3.8) is 0 Å². The Hall–Kier alpha value is -2.60. The van der Waals surface area contributed by atoms with Crippen LogP contribution in [0.5, 0.6) is 5.75 Å². The minimum absolute atomic E-state index is 0.0809. The number of methoxy groups -OCH3 is 1. The summed E-state index contributed by atoms with van der Waals surface area (Å²) < 4.78 is 7.49. The second-order valence-corrected chi connectivity index (χ2v) is 8.67. The van der Waals surface area contributed by atoms with Gasteiger partial charge in [0.1, 0.15) is 5.75 Å². The Morgan fingerprint density at radius 3 is 2.57 bits per heavy atom. The van der Waals surface area contributed by atoms with Crippen LogP contribution in [0.1, 0.15) is 46.4 Å². The van der Waals surface area contributed by atoms with E-state index in [0.717, 1.165) is 65.8 Å². The van der Waals surface area contributed by atoms with Crippen molar-refractivity contribution in [2.75, 3.05) is 20.7 Å². The van der Waals surface area contributed by atoms with Crippen molar-refractivity contribution in [2.24, 2.45) is 0 Å². The predicted octanol–water partition coefficient (Wildman–Crippen LogP) is 5.35. The maximum atomic E-state index is 13.1. The molecule has 0 aliphatic carbocycles. The van der Waals surface area contributed by atoms with Gasteiger partial charge in [-0.25, -0.2) is 4.98 Å². The number of hydrogen-bond donors (Lipinski definition) is 0. The smallest absolute Gasteiger partial charge is 0.255 e. The number of aryl methyl sites for hydroxylation is 2. The van der Waals surface area contributed by atoms with Crippen LogP contribution in [0.2, 0.25) is 0 Å². The molecule has 0 aliphatic heterocycles. The van der Waals surface area contributed by atoms with Crippen LogP contribution in [0.4, 0.5) is 0 Å². The summed E-state index contributed by atoms with van der Waals surface area (Å²) in [6.07, 6.45) is 2.95. The first-order chi connectivity index (χ1) is 14.4. The van der Waals surface area contributed by atoms with Crippen molar-refractivity contribution in [3.05, 3.63) is 57.5 Å². The SMILES string of the molecule is CCCCN(C)C(=O)c1cc(-c2csc(C)n2)n(CCc2ccc(OC)cc2)c1C. The molecule has 0 N–H and O–H groups in total. The van der Waals surface area contributed by atoms with Crippen molar-refractivity contribution < 1.29 is 9.53 Å². The molecule has 5 nitrogen and oxygen atoms in total. The monoisotopic (exact) mass is 425 g/mol. The summed E-state index contributed by atoms with van der Waals surface area (Å²) in [5, 5.41) is 3.10. The molecule has 3 aromatic rings. The van der Waals surface area contributed by atoms with E-state index >= 15 is 0 Å². The predicted molar refractivity (Wildman–Crippen MR) is 124 cm³/mol. The van der Waals surface area contributed by atoms with Gasteiger partial charge in [0.25, 0.3) is 5.91 Å². The highest BCUT2D eigenvalue weighted by Gasteiger charge is 2.22. The van der Waals surface area contributed by atoms with E-state index in [2.05, 4.69) is 34.0 Å². The molecule has 1 aromatic carbocycles. The molecule has 0 saturated heterocycles. The van der Waals surface area contributed by atoms with Gasteiger partial charge in [0.2, 0.25) is 0 Å². The summed E-state index contributed by atoms with van der Waals surface area (Å²) in [6, 6.07) is 10.2. The number of thiazole rings is 1. The average Bonchev–Trinajstić information content (AvgIpc) is 3.33. The zero-order valence-electron chi connectivity index (χ0n) is 18.6. The van der Waals surface area contributed by atoms with Gasteiger partial charge in [0.15, 0.2) is 0 Å². The van der Waals surface area contributed by atoms with E-state index in [-0.39, 0.29) is 5.91 Å². The fourth-order valence-electron chi connectivity index (χ4n) is 3.58. The molecule has 0 spiro atoms. The number of amides is 1. The van der Waals surface area contributed by atoms with Crippen molar-refractivity contribution in [3.8, 4) is 17.1 Å². The Bertz CT molecular complexity index is 989. The Balaban J connectivity index is 1.90. The van der Waals surface area contributed by atoms with Gasteiger partial charge in [-0.2, -0.15) is 0 Å². The molecule has 30 heavy (non-hydrogen) atoms. The molecule has 3 rings (SSSR count). The number of hydrogen-bond acceptors (Lipinski definition) is 4. The Labute approximate surface area is 183 Å². The average molecular weight is 426 g/mol. The minimum Gasteiger partial charge on any atom is -0.497 e. The maximum Gasteiger partial charge on any atom is 0.255 e. The summed E-state index contributed by atoms with van der Waals surface area (Å²) in [6.45, 7) is 7.75. The van der Waals surface area contributed by atoms with E-state index in [1.807, 2.05) is 44.0 Å². The number of carbonyl (C=O) groups excluding carboxylic acids is 1. The third-order valence-corrected chi connectivity index (χ3v) is 6.23. The molecular formula is C24H31N3O2S. The summed E-state index contributed by atoms with van der Waals surface area (Å²) >= 11 is 1.63. The number of aromatic nitrogens is 2. The zero-order valence-corrected chi connectivity index (χ0v) is 19.4. The Morgan fingerprint density at radius 1 is 1.23 bits per heavy atom. The number of benzene rings is 1. The van der Waals surface area contributed by atoms with Gasteiger partial charge in [-0.3, -0.25) is 4.79 Å². The van der Waals surface area contributed by atoms with Crippen LogP contribution in [-0.2, 0) is 13.0 Å². The lowest BCUT2D eigenvalue weighted by Crippen LogP contribution is -2.28. The standard InChI is InChI=1S/C24H31N3O2S/c1-6-7-13-26(4)24(28)21-15-23(22-16-30-18(3)25-22)27(17(21)2)14-12-19-8-10-20(29-5)11-9-19/h8-11,15-16H,6-7,12-14H2,1-5H3. The molecule has 0 radical (unpaired) electrons. The molecular weight excluding hydrogens is 394 g/mol. The second kappa shape index (κ2) is 9.94. The van der Waals surface area contributed by atoms with Crippen molar-refractivity contribution in [1.29, 1.82) is 0 Å². The van der Waals surface area contributed by atoms with Crippen LogP contribution >= 0.6 is 11.3 Å². The van der Waals surface area contributed by atoms with Crippen LogP contribution < -0.4 is 4.74 Å². The van der Waals surface area contributed by atoms with Gasteiger partial charge in [-0.1, -0.05) is 25.5 Å². The van der Waals surface area contributed by atoms with E-state index < -0.39 is 0 Å². The van der Waals surface area contributed by atoms with Crippen LogP contribution in [0, 0.1) is 13.8 Å². The molecule has 0 unspecified atom stereocenters. The molecule has 0 saturated carbocycles. The van der Waals surface area contributed by atoms with Crippen LogP contribution in [0.25, 0.3) is 11.4 Å². The lowest BCUT2D eigenvalue weighted by molar-refractivity contribution is 0.0792. The van der Waals surface area contributed by atoms with Crippen molar-refractivity contribution in [1.82, 2.24) is 14.5 Å². The summed E-state index contributed by atoms with van der Waals surface area (Å²) in [4.78, 5) is 19.6. The molecule has 2 heterocycles. The van der Waals surface area contributed by atoms with Crippen LogP contribution in [-0.4, -0.2) is 41.1 Å². The fourth-order valence-corrected chi connectivity index (χ4v) is 4.19. The van der Waals surface area contributed by atoms with E-state index in [1.54, 1.807) is 18.4 Å². The quantitative estimate of drug-likeness (QED) is 0.464. The highest BCUT2D eigenvalue weighted by atomic mass is 32.1. The number of nitrogens with zero attached hydrogens (tertiary/aromatic N) is 3. The third-order valence-electron chi connectivity index (χ3n) is 5.46. The van der Waals surface area contributed by atoms with Crippen molar-refractivity contribution >= 4 is 17.2 Å². The number of carbonyl (C=O) groups is 1. The van der Waals surface area contributed by atoms with E-state index in [9.17, 15) is 4.79 Å².